The van der Waals surface area contributed by atoms with E-state index >= 15 is 0 Å². The van der Waals surface area contributed by atoms with E-state index in [-0.39, 0.29) is 55.2 Å². The van der Waals surface area contributed by atoms with Gasteiger partial charge in [-0.15, -0.1) is 0 Å². The van der Waals surface area contributed by atoms with Gasteiger partial charge in [0.2, 0.25) is 0 Å². The zero-order valence-electron chi connectivity index (χ0n) is 29.1. The number of rotatable bonds is 9. The van der Waals surface area contributed by atoms with E-state index in [2.05, 4.69) is 42.4 Å². The first-order valence-electron chi connectivity index (χ1n) is 17.8. The number of unbranched alkanes of at least 4 members (excludes halogenated alkanes) is 1. The number of fused-ring (bicyclic) bond motifs is 9. The van der Waals surface area contributed by atoms with Gasteiger partial charge in [0.05, 0.1) is 13.7 Å². The summed E-state index contributed by atoms with van der Waals surface area (Å²) in [4.78, 5) is 13.5. The Bertz CT molecular complexity index is 1950. The van der Waals surface area contributed by atoms with E-state index in [0.29, 0.717) is 41.9 Å². The molecule has 0 saturated heterocycles. The summed E-state index contributed by atoms with van der Waals surface area (Å²) in [6.07, 6.45) is 14.0. The molecule has 2 aliphatic heterocycles. The van der Waals surface area contributed by atoms with Gasteiger partial charge in [0.1, 0.15) is 36.1 Å². The number of phenolic OH excluding ortho intramolecular Hbond substituents is 1. The molecule has 0 aromatic heterocycles. The number of hydrogen-bond donors (Lipinski definition) is 3. The monoisotopic (exact) mass is 686 g/mol. The van der Waals surface area contributed by atoms with Gasteiger partial charge < -0.3 is 29.5 Å². The number of aliphatic hydroxyl groups excluding tert-OH is 2. The van der Waals surface area contributed by atoms with E-state index in [1.54, 1.807) is 19.3 Å². The standard InChI is InChI=1S/C44H46O7/c1-49-43-20-14-31-13-17-38(47)27-39(25-34-24-37(46)18-15-32(34)11-6-5-10-30-8-3-2-4-9-30)50-21-7-12-40-41-26-35(28-45)36(29-51-44(43)22-31)23-33(41)16-19-42(40)48/h2-4,8-9,14-16,18-20,22-24,26,32,34,39,45-46,48H,5-6,10-13,17,25,27-29H2,1H3/t32-,34-,39+/m1/s1. The fourth-order valence-corrected chi connectivity index (χ4v) is 7.16. The first kappa shape index (κ1) is 35.6. The molecule has 0 unspecified atom stereocenters. The minimum Gasteiger partial charge on any atom is -0.508 e. The Labute approximate surface area is 300 Å². The molecule has 1 aliphatic carbocycles. The smallest absolute Gasteiger partial charge is 0.161 e. The SMILES string of the molecule is COc1ccc2cc1OCc1cc3ccc(O)c(c3cc1CO)CC#CO[C@@H](C[C@H]1C=C(O)C=C[C@H]1CCCCc1ccccc1)CC(=O)CC2. The maximum Gasteiger partial charge on any atom is 0.161 e. The number of ketones is 1. The summed E-state index contributed by atoms with van der Waals surface area (Å²) in [5.74, 6) is 4.79. The lowest BCUT2D eigenvalue weighted by atomic mass is 9.80. The van der Waals surface area contributed by atoms with Crippen molar-refractivity contribution in [2.75, 3.05) is 7.11 Å². The van der Waals surface area contributed by atoms with Gasteiger partial charge in [-0.2, -0.15) is 0 Å². The molecular weight excluding hydrogens is 640 g/mol. The quantitative estimate of drug-likeness (QED) is 0.120. The summed E-state index contributed by atoms with van der Waals surface area (Å²) in [6, 6.07) is 23.5. The number of phenols is 1. The van der Waals surface area contributed by atoms with Crippen molar-refractivity contribution in [3.63, 3.8) is 0 Å². The van der Waals surface area contributed by atoms with Crippen molar-refractivity contribution in [1.82, 2.24) is 0 Å². The van der Waals surface area contributed by atoms with Crippen LogP contribution in [0.15, 0.2) is 96.8 Å². The van der Waals surface area contributed by atoms with Gasteiger partial charge in [-0.25, -0.2) is 0 Å². The second-order valence-corrected chi connectivity index (χ2v) is 13.5. The minimum absolute atomic E-state index is 0.0116. The lowest BCUT2D eigenvalue weighted by molar-refractivity contribution is -0.121. The predicted molar refractivity (Wildman–Crippen MR) is 199 cm³/mol. The van der Waals surface area contributed by atoms with Crippen molar-refractivity contribution in [3.05, 3.63) is 125 Å². The Morgan fingerprint density at radius 1 is 0.961 bits per heavy atom. The average molecular weight is 687 g/mol. The third kappa shape index (κ3) is 9.33. The number of aliphatic hydroxyl groups is 2. The maximum absolute atomic E-state index is 13.5. The van der Waals surface area contributed by atoms with Crippen LogP contribution in [0.2, 0.25) is 0 Å². The van der Waals surface area contributed by atoms with Crippen LogP contribution >= 0.6 is 0 Å². The molecule has 4 aromatic rings. The van der Waals surface area contributed by atoms with Gasteiger partial charge in [-0.05, 0) is 119 Å². The van der Waals surface area contributed by atoms with Crippen LogP contribution in [-0.4, -0.2) is 34.3 Å². The van der Waals surface area contributed by atoms with Crippen molar-refractivity contribution in [2.45, 2.75) is 77.1 Å². The molecule has 7 heteroatoms. The number of methoxy groups -OCH3 is 1. The van der Waals surface area contributed by atoms with E-state index in [1.807, 2.05) is 48.5 Å². The molecule has 3 aliphatic rings. The predicted octanol–water partition coefficient (Wildman–Crippen LogP) is 8.47. The van der Waals surface area contributed by atoms with Gasteiger partial charge in [0.15, 0.2) is 11.5 Å². The van der Waals surface area contributed by atoms with Crippen molar-refractivity contribution in [2.24, 2.45) is 11.8 Å². The highest BCUT2D eigenvalue weighted by molar-refractivity contribution is 5.89. The zero-order chi connectivity index (χ0) is 35.6. The number of carbonyl (C=O) groups is 1. The van der Waals surface area contributed by atoms with Crippen LogP contribution in [0.3, 0.4) is 0 Å². The van der Waals surface area contributed by atoms with Gasteiger partial charge in [0.25, 0.3) is 0 Å². The molecule has 7 nitrogen and oxygen atoms in total. The highest BCUT2D eigenvalue weighted by Gasteiger charge is 2.27. The van der Waals surface area contributed by atoms with Crippen molar-refractivity contribution >= 4 is 16.6 Å². The van der Waals surface area contributed by atoms with E-state index in [0.717, 1.165) is 47.6 Å². The molecule has 0 radical (unpaired) electrons. The Balaban J connectivity index is 1.25. The lowest BCUT2D eigenvalue weighted by Crippen LogP contribution is -2.24. The summed E-state index contributed by atoms with van der Waals surface area (Å²) >= 11 is 0. The van der Waals surface area contributed by atoms with E-state index in [1.165, 1.54) is 5.56 Å². The Kier molecular flexibility index (Phi) is 12.0. The van der Waals surface area contributed by atoms with Crippen molar-refractivity contribution in [3.8, 4) is 29.3 Å². The molecule has 2 heterocycles. The highest BCUT2D eigenvalue weighted by Crippen LogP contribution is 2.35. The Morgan fingerprint density at radius 3 is 2.65 bits per heavy atom. The number of allylic oxidation sites excluding steroid dienone is 3. The van der Waals surface area contributed by atoms with Crippen LogP contribution in [0.4, 0.5) is 0 Å². The molecule has 4 aromatic carbocycles. The first-order chi connectivity index (χ1) is 24.9. The van der Waals surface area contributed by atoms with Crippen LogP contribution in [0.5, 0.6) is 17.2 Å². The number of aromatic hydroxyl groups is 1. The summed E-state index contributed by atoms with van der Waals surface area (Å²) in [6.45, 7) is -0.00164. The Hall–Kier alpha value is -5.19. The lowest BCUT2D eigenvalue weighted by Gasteiger charge is -2.28. The summed E-state index contributed by atoms with van der Waals surface area (Å²) in [7, 11) is 1.59. The maximum atomic E-state index is 13.5. The summed E-state index contributed by atoms with van der Waals surface area (Å²) in [5, 5.41) is 33.3. The number of benzene rings is 4. The minimum atomic E-state index is -0.487. The van der Waals surface area contributed by atoms with Crippen molar-refractivity contribution in [1.29, 1.82) is 0 Å². The molecule has 7 rings (SSSR count). The van der Waals surface area contributed by atoms with Gasteiger partial charge >= 0.3 is 0 Å². The van der Waals surface area contributed by atoms with E-state index in [9.17, 15) is 20.1 Å². The highest BCUT2D eigenvalue weighted by atomic mass is 16.5. The number of ether oxygens (including phenoxy) is 3. The van der Waals surface area contributed by atoms with Crippen LogP contribution in [0, 0.1) is 23.9 Å². The summed E-state index contributed by atoms with van der Waals surface area (Å²) in [5.41, 5.74) is 4.40. The zero-order valence-corrected chi connectivity index (χ0v) is 29.1. The van der Waals surface area contributed by atoms with Crippen molar-refractivity contribution < 1.29 is 34.3 Å². The summed E-state index contributed by atoms with van der Waals surface area (Å²) < 4.78 is 18.0. The normalized spacial score (nSPS) is 19.2. The molecule has 51 heavy (non-hydrogen) atoms. The van der Waals surface area contributed by atoms with E-state index < -0.39 is 6.10 Å². The largest absolute Gasteiger partial charge is 0.508 e. The molecule has 0 amide bonds. The van der Waals surface area contributed by atoms with Crippen LogP contribution in [-0.2, 0) is 42.0 Å². The van der Waals surface area contributed by atoms with Gasteiger partial charge in [-0.1, -0.05) is 60.9 Å². The fourth-order valence-electron chi connectivity index (χ4n) is 7.16. The average Bonchev–Trinajstić information content (AvgIpc) is 3.14. The number of Topliss-reactive ketones (excluding diaryl/α,β-unsaturated/α-hetero) is 1. The Morgan fingerprint density at radius 2 is 1.82 bits per heavy atom. The number of hydrogen-bond acceptors (Lipinski definition) is 7. The van der Waals surface area contributed by atoms with Crippen LogP contribution < -0.4 is 9.47 Å². The van der Waals surface area contributed by atoms with Crippen LogP contribution in [0.1, 0.15) is 66.3 Å². The van der Waals surface area contributed by atoms with Crippen LogP contribution in [0.25, 0.3) is 10.8 Å². The topological polar surface area (TPSA) is 105 Å². The second kappa shape index (κ2) is 17.2. The molecule has 0 spiro atoms. The molecule has 3 N–H and O–H groups in total. The molecule has 0 saturated carbocycles. The molecular formula is C44H46O7. The third-order valence-corrected chi connectivity index (χ3v) is 10.00. The molecule has 3 atom stereocenters. The fraction of sp³-hybridized carbons (Fsp3) is 0.341. The molecule has 264 valence electrons. The first-order valence-corrected chi connectivity index (χ1v) is 17.8. The third-order valence-electron chi connectivity index (χ3n) is 10.00. The van der Waals surface area contributed by atoms with E-state index in [4.69, 9.17) is 14.2 Å². The second-order valence-electron chi connectivity index (χ2n) is 13.5. The number of aryl methyl sites for hydroxylation is 2. The molecule has 0 fully saturated rings. The van der Waals surface area contributed by atoms with Gasteiger partial charge in [-0.3, -0.25) is 4.79 Å². The number of carbonyl (C=O) groups excluding carboxylic acids is 1. The molecule has 6 bridgehead atoms. The van der Waals surface area contributed by atoms with Gasteiger partial charge in [0, 0.05) is 24.8 Å².